The van der Waals surface area contributed by atoms with Crippen LogP contribution in [0.5, 0.6) is 0 Å². The molecule has 0 atom stereocenters. The summed E-state index contributed by atoms with van der Waals surface area (Å²) in [5, 5.41) is 2.32. The first-order valence-corrected chi connectivity index (χ1v) is 10.9. The van der Waals surface area contributed by atoms with Crippen LogP contribution in [0.2, 0.25) is 10.0 Å². The fraction of sp³-hybridized carbons (Fsp3) is 0.278. The lowest BCUT2D eigenvalue weighted by atomic mass is 10.2. The number of rotatable bonds is 9. The first-order valence-electron chi connectivity index (χ1n) is 8.30. The molecule has 0 aliphatic rings. The summed E-state index contributed by atoms with van der Waals surface area (Å²) < 4.78 is 54.7. The van der Waals surface area contributed by atoms with E-state index >= 15 is 0 Å². The Kier molecular flexibility index (Phi) is 8.10. The average Bonchev–Trinajstić information content (AvgIpc) is 2.69. The molecule has 1 heterocycles. The molecule has 0 spiro atoms. The number of carbonyl (C=O) groups excluding carboxylic acids is 2. The van der Waals surface area contributed by atoms with Gasteiger partial charge >= 0.3 is 5.97 Å². The highest BCUT2D eigenvalue weighted by atomic mass is 35.5. The number of ether oxygens (including phenoxy) is 1. The average molecular weight is 481 g/mol. The molecule has 0 saturated carbocycles. The number of esters is 1. The highest BCUT2D eigenvalue weighted by Crippen LogP contribution is 2.34. The van der Waals surface area contributed by atoms with Crippen LogP contribution in [0.15, 0.2) is 30.5 Å². The van der Waals surface area contributed by atoms with Gasteiger partial charge in [-0.1, -0.05) is 35.3 Å². The second kappa shape index (κ2) is 10.1. The smallest absolute Gasteiger partial charge is 0.356 e. The largest absolute Gasteiger partial charge is 0.464 e. The van der Waals surface area contributed by atoms with Gasteiger partial charge in [0.05, 0.1) is 40.9 Å². The van der Waals surface area contributed by atoms with E-state index in [1.807, 2.05) is 0 Å². The quantitative estimate of drug-likeness (QED) is 0.547. The molecule has 0 aliphatic carbocycles. The van der Waals surface area contributed by atoms with Crippen molar-refractivity contribution in [1.82, 2.24) is 4.98 Å². The summed E-state index contributed by atoms with van der Waals surface area (Å²) in [7, 11) is -2.69. The van der Waals surface area contributed by atoms with Crippen LogP contribution < -0.4 is 5.32 Å². The Hall–Kier alpha value is -2.30. The second-order valence-corrected chi connectivity index (χ2v) is 8.90. The van der Waals surface area contributed by atoms with Gasteiger partial charge in [0.15, 0.2) is 15.5 Å². The second-order valence-electron chi connectivity index (χ2n) is 6.05. The number of ketones is 1. The number of nitrogens with zero attached hydrogens (tertiary/aromatic N) is 1. The first kappa shape index (κ1) is 24.0. The molecule has 0 fully saturated rings. The molecule has 0 bridgehead atoms. The Morgan fingerprint density at radius 2 is 1.83 bits per heavy atom. The fourth-order valence-electron chi connectivity index (χ4n) is 2.48. The van der Waals surface area contributed by atoms with E-state index in [9.17, 15) is 26.8 Å². The molecule has 2 aromatic rings. The summed E-state index contributed by atoms with van der Waals surface area (Å²) in [6.07, 6.45) is -1.83. The summed E-state index contributed by atoms with van der Waals surface area (Å²) in [6, 6.07) is 5.61. The number of aromatic nitrogens is 1. The molecule has 0 saturated heterocycles. The molecule has 1 N–H and O–H groups in total. The van der Waals surface area contributed by atoms with Crippen molar-refractivity contribution in [2.24, 2.45) is 0 Å². The maximum Gasteiger partial charge on any atom is 0.356 e. The zero-order valence-electron chi connectivity index (χ0n) is 15.5. The number of hydrogen-bond acceptors (Lipinski definition) is 7. The van der Waals surface area contributed by atoms with Gasteiger partial charge in [-0.15, -0.1) is 0 Å². The van der Waals surface area contributed by atoms with Gasteiger partial charge in [0.2, 0.25) is 5.78 Å². The molecule has 1 aromatic heterocycles. The summed E-state index contributed by atoms with van der Waals surface area (Å²) in [4.78, 5) is 26.8. The molecular weight excluding hydrogens is 465 g/mol. The molecule has 2 rings (SSSR count). The third kappa shape index (κ3) is 6.10. The number of halogens is 4. The zero-order valence-corrected chi connectivity index (χ0v) is 17.8. The summed E-state index contributed by atoms with van der Waals surface area (Å²) in [6.45, 7) is -0.731. The number of sulfone groups is 1. The van der Waals surface area contributed by atoms with Crippen LogP contribution in [-0.4, -0.2) is 45.2 Å². The van der Waals surface area contributed by atoms with Crippen LogP contribution in [0.1, 0.15) is 21.6 Å². The highest BCUT2D eigenvalue weighted by molar-refractivity contribution is 7.89. The fourth-order valence-corrected chi connectivity index (χ4v) is 4.66. The third-order valence-corrected chi connectivity index (χ3v) is 6.12. The van der Waals surface area contributed by atoms with Crippen molar-refractivity contribution in [2.75, 3.05) is 19.0 Å². The molecule has 162 valence electrons. The minimum atomic E-state index is -3.84. The Balaban J connectivity index is 2.26. The Morgan fingerprint density at radius 1 is 1.17 bits per heavy atom. The molecule has 7 nitrogen and oxygen atoms in total. The molecule has 0 amide bonds. The van der Waals surface area contributed by atoms with E-state index in [1.54, 1.807) is 0 Å². The van der Waals surface area contributed by atoms with Gasteiger partial charge in [-0.25, -0.2) is 27.0 Å². The molecule has 30 heavy (non-hydrogen) atoms. The number of pyridine rings is 1. The van der Waals surface area contributed by atoms with Gasteiger partial charge in [0.25, 0.3) is 6.43 Å². The van der Waals surface area contributed by atoms with Crippen molar-refractivity contribution in [3.05, 3.63) is 57.3 Å². The van der Waals surface area contributed by atoms with Crippen LogP contribution >= 0.6 is 23.2 Å². The Morgan fingerprint density at radius 3 is 2.47 bits per heavy atom. The van der Waals surface area contributed by atoms with Gasteiger partial charge in [-0.05, 0) is 17.7 Å². The van der Waals surface area contributed by atoms with Crippen molar-refractivity contribution in [1.29, 1.82) is 0 Å². The van der Waals surface area contributed by atoms with Crippen molar-refractivity contribution >= 4 is 50.5 Å². The van der Waals surface area contributed by atoms with E-state index in [4.69, 9.17) is 23.2 Å². The van der Waals surface area contributed by atoms with Crippen LogP contribution in [0.4, 0.5) is 14.5 Å². The monoisotopic (exact) mass is 480 g/mol. The zero-order chi connectivity index (χ0) is 22.5. The first-order chi connectivity index (χ1) is 14.1. The standard InChI is InChI=1S/C18H16Cl2F2N2O5S/c1-29-18(26)15-11(3-2-6-23-15)9-30(27,28)8-10-4-5-12(19)16(14(10)20)24-7-13(25)17(21)22/h2-6,17,24H,7-9H2,1H3. The maximum absolute atomic E-state index is 12.7. The lowest BCUT2D eigenvalue weighted by Crippen LogP contribution is -2.21. The van der Waals surface area contributed by atoms with E-state index in [-0.39, 0.29) is 32.6 Å². The van der Waals surface area contributed by atoms with Crippen molar-refractivity contribution in [3.63, 3.8) is 0 Å². The van der Waals surface area contributed by atoms with E-state index in [1.165, 1.54) is 30.5 Å². The lowest BCUT2D eigenvalue weighted by molar-refractivity contribution is -0.127. The highest BCUT2D eigenvalue weighted by Gasteiger charge is 2.23. The number of anilines is 1. The number of benzene rings is 1. The minimum Gasteiger partial charge on any atom is -0.464 e. The Bertz CT molecular complexity index is 1060. The molecule has 1 aromatic carbocycles. The van der Waals surface area contributed by atoms with E-state index in [0.717, 1.165) is 7.11 Å². The van der Waals surface area contributed by atoms with Crippen molar-refractivity contribution < 1.29 is 31.5 Å². The predicted octanol–water partition coefficient (Wildman–Crippen LogP) is 3.54. The van der Waals surface area contributed by atoms with Crippen molar-refractivity contribution in [3.8, 4) is 0 Å². The number of Topliss-reactive ketones (excluding diaryl/α,β-unsaturated/α-hetero) is 1. The number of carbonyl (C=O) groups is 2. The van der Waals surface area contributed by atoms with Crippen LogP contribution in [0.25, 0.3) is 0 Å². The number of hydrogen-bond donors (Lipinski definition) is 1. The van der Waals surface area contributed by atoms with Crippen LogP contribution in [0.3, 0.4) is 0 Å². The van der Waals surface area contributed by atoms with Crippen molar-refractivity contribution in [2.45, 2.75) is 17.9 Å². The van der Waals surface area contributed by atoms with Gasteiger partial charge in [0.1, 0.15) is 0 Å². The molecule has 12 heteroatoms. The topological polar surface area (TPSA) is 102 Å². The van der Waals surface area contributed by atoms with Crippen LogP contribution in [-0.2, 0) is 30.9 Å². The molecule has 0 unspecified atom stereocenters. The predicted molar refractivity (Wildman–Crippen MR) is 108 cm³/mol. The summed E-state index contributed by atoms with van der Waals surface area (Å²) in [5.41, 5.74) is 0.127. The summed E-state index contributed by atoms with van der Waals surface area (Å²) >= 11 is 12.2. The number of nitrogens with one attached hydrogen (secondary N) is 1. The van der Waals surface area contributed by atoms with Gasteiger partial charge in [0, 0.05) is 11.8 Å². The summed E-state index contributed by atoms with van der Waals surface area (Å²) in [5.74, 6) is -3.19. The Labute approximate surface area is 181 Å². The minimum absolute atomic E-state index is 0.0309. The maximum atomic E-state index is 12.7. The van der Waals surface area contributed by atoms with E-state index in [0.29, 0.717) is 0 Å². The molecular formula is C18H16Cl2F2N2O5S. The SMILES string of the molecule is COC(=O)c1ncccc1CS(=O)(=O)Cc1ccc(Cl)c(NCC(=O)C(F)F)c1Cl. The third-order valence-electron chi connectivity index (χ3n) is 3.87. The lowest BCUT2D eigenvalue weighted by Gasteiger charge is -2.14. The normalized spacial score (nSPS) is 11.4. The van der Waals surface area contributed by atoms with E-state index < -0.39 is 46.1 Å². The van der Waals surface area contributed by atoms with Gasteiger partial charge < -0.3 is 10.1 Å². The van der Waals surface area contributed by atoms with Gasteiger partial charge in [-0.3, -0.25) is 4.79 Å². The molecule has 0 aliphatic heterocycles. The number of methoxy groups -OCH3 is 1. The molecule has 0 radical (unpaired) electrons. The van der Waals surface area contributed by atoms with E-state index in [2.05, 4.69) is 15.0 Å². The van der Waals surface area contributed by atoms with Crippen LogP contribution in [0, 0.1) is 0 Å². The number of alkyl halides is 2. The van der Waals surface area contributed by atoms with Gasteiger partial charge in [-0.2, -0.15) is 0 Å².